The molecular weight excluding hydrogens is 1390 g/mol. The van der Waals surface area contributed by atoms with Gasteiger partial charge in [-0.15, -0.1) is 0 Å². The van der Waals surface area contributed by atoms with Gasteiger partial charge in [-0.1, -0.05) is 82.8 Å². The van der Waals surface area contributed by atoms with Crippen LogP contribution in [0.4, 0.5) is 14.4 Å². The second kappa shape index (κ2) is 35.1. The fourth-order valence-corrected chi connectivity index (χ4v) is 16.4. The molecule has 4 aromatic carbocycles. The van der Waals surface area contributed by atoms with Gasteiger partial charge < -0.3 is 49.0 Å². The fraction of sp³-hybridized carbons (Fsp3) is 0.622. The number of carboxylic acids is 1. The van der Waals surface area contributed by atoms with E-state index < -0.39 is 22.8 Å². The maximum Gasteiger partial charge on any atom is 0.410 e. The summed E-state index contributed by atoms with van der Waals surface area (Å²) in [7, 11) is 0. The van der Waals surface area contributed by atoms with Gasteiger partial charge in [0.15, 0.2) is 5.78 Å². The van der Waals surface area contributed by atoms with Gasteiger partial charge in [0, 0.05) is 97.2 Å². The zero-order valence-electron chi connectivity index (χ0n) is 64.3. The number of hydrogen-bond donors (Lipinski definition) is 2. The van der Waals surface area contributed by atoms with E-state index in [1.54, 1.807) is 21.6 Å². The Kier molecular flexibility index (Phi) is 28.7. The molecule has 4 aromatic rings. The summed E-state index contributed by atoms with van der Waals surface area (Å²) in [5.41, 5.74) is 9.30. The fourth-order valence-electron chi connectivity index (χ4n) is 15.9. The number of ether oxygens (including phenoxy) is 4. The molecule has 4 saturated heterocycles. The third-order valence-corrected chi connectivity index (χ3v) is 23.2. The van der Waals surface area contributed by atoms with Crippen LogP contribution in [0.1, 0.15) is 259 Å². The van der Waals surface area contributed by atoms with E-state index in [1.165, 1.54) is 29.5 Å². The number of nitrogens with zero attached hydrogens (tertiary/aromatic N) is 4. The molecule has 17 nitrogen and oxygen atoms in total. The normalized spacial score (nSPS) is 18.8. The van der Waals surface area contributed by atoms with Gasteiger partial charge in [-0.2, -0.15) is 0 Å². The number of rotatable bonds is 11. The molecule has 103 heavy (non-hydrogen) atoms. The molecule has 0 radical (unpaired) electrons. The maximum absolute atomic E-state index is 12.4. The van der Waals surface area contributed by atoms with Crippen LogP contribution < -0.4 is 5.32 Å². The highest BCUT2D eigenvalue weighted by atomic mass is 35.5. The lowest BCUT2D eigenvalue weighted by Crippen LogP contribution is -2.48. The Morgan fingerprint density at radius 3 is 1.37 bits per heavy atom. The summed E-state index contributed by atoms with van der Waals surface area (Å²) >= 11 is 25.1. The molecule has 2 aliphatic carbocycles. The number of aliphatic carboxylic acids is 1. The number of carboxylic acid groups (broad SMARTS) is 1. The molecule has 0 bridgehead atoms. The van der Waals surface area contributed by atoms with Crippen LogP contribution >= 0.6 is 46.4 Å². The van der Waals surface area contributed by atoms with Gasteiger partial charge in [-0.05, 0) is 303 Å². The van der Waals surface area contributed by atoms with E-state index in [0.717, 1.165) is 107 Å². The Morgan fingerprint density at radius 1 is 0.553 bits per heavy atom. The molecule has 4 fully saturated rings. The first-order valence-electron chi connectivity index (χ1n) is 37.0. The van der Waals surface area contributed by atoms with Crippen molar-refractivity contribution in [2.45, 2.75) is 271 Å². The van der Waals surface area contributed by atoms with Gasteiger partial charge in [-0.25, -0.2) is 14.4 Å². The largest absolute Gasteiger partial charge is 0.481 e. The molecule has 0 unspecified atom stereocenters. The summed E-state index contributed by atoms with van der Waals surface area (Å²) in [5, 5.41) is 15.6. The average Bonchev–Trinajstić information content (AvgIpc) is 0.751. The quantitative estimate of drug-likeness (QED) is 0.106. The van der Waals surface area contributed by atoms with E-state index in [-0.39, 0.29) is 76.1 Å². The van der Waals surface area contributed by atoms with Crippen molar-refractivity contribution in [3.05, 3.63) is 136 Å². The van der Waals surface area contributed by atoms with Crippen LogP contribution in [-0.2, 0) is 55.0 Å². The standard InChI is InChI=1S/C22H32ClNO4.C20H29ClN2O.C20H28ClNO4.C20H26ClNO3/c1-6-27-19(25)9-10-22(17-7-8-18(23)16(2)15-17)11-13-24(14-12-22)20(26)28-21(3,4)5;1-13(2)23(15(4)24)19-5-6-20(7-9-22-10-8-20)17-11-14(3)18(21)12-16(17)19;1-14-13-15(5-6-16(14)21)20(8-7-17(23)24)9-11-22(12-10-20)18(25)26-19(2,3)4;1-13-11-15-14(12-16(13)21)17(23)5-6-20(15)7-9-22(10-8-20)18(24)25-19(2,3)4/h7-8,15H,6,9-14H2,1-5H3;11-13,19,22H,5-10H2,1-4H3;5-6,13H,7-12H2,1-4H3,(H,23,24);11-12H,5-10H2,1-4H3/t;19-;;/m.0../s1. The molecule has 10 rings (SSSR count). The summed E-state index contributed by atoms with van der Waals surface area (Å²) in [6.07, 6.45) is 11.5. The van der Waals surface area contributed by atoms with Crippen LogP contribution in [0, 0.1) is 27.7 Å². The third kappa shape index (κ3) is 22.0. The number of piperidine rings is 4. The van der Waals surface area contributed by atoms with Crippen LogP contribution in [0.3, 0.4) is 0 Å². The van der Waals surface area contributed by atoms with Crippen LogP contribution in [0.25, 0.3) is 0 Å². The molecule has 4 aliphatic heterocycles. The number of carbonyl (C=O) groups is 7. The molecule has 21 heteroatoms. The van der Waals surface area contributed by atoms with E-state index in [2.05, 4.69) is 50.4 Å². The van der Waals surface area contributed by atoms with E-state index in [9.17, 15) is 33.6 Å². The van der Waals surface area contributed by atoms with Gasteiger partial charge in [0.1, 0.15) is 16.8 Å². The molecule has 4 heterocycles. The number of carbonyl (C=O) groups excluding carboxylic acids is 6. The highest BCUT2D eigenvalue weighted by Crippen LogP contribution is 2.52. The van der Waals surface area contributed by atoms with Crippen molar-refractivity contribution in [2.24, 2.45) is 0 Å². The van der Waals surface area contributed by atoms with Crippen LogP contribution in [-0.4, -0.2) is 148 Å². The second-order valence-corrected chi connectivity index (χ2v) is 34.4. The zero-order valence-corrected chi connectivity index (χ0v) is 67.4. The Morgan fingerprint density at radius 2 is 0.961 bits per heavy atom. The highest BCUT2D eigenvalue weighted by Gasteiger charge is 2.46. The van der Waals surface area contributed by atoms with Crippen molar-refractivity contribution in [1.29, 1.82) is 0 Å². The predicted molar refractivity (Wildman–Crippen MR) is 411 cm³/mol. The zero-order chi connectivity index (χ0) is 76.4. The van der Waals surface area contributed by atoms with Crippen LogP contribution in [0.15, 0.2) is 60.7 Å². The minimum atomic E-state index is -0.801. The van der Waals surface area contributed by atoms with Gasteiger partial charge in [0.25, 0.3) is 0 Å². The monoisotopic (exact) mass is 1500 g/mol. The Balaban J connectivity index is 0.000000192. The SMILES string of the molecule is CC(=O)N(C(C)C)[C@H]1CCC2(CCNCC2)c2cc(C)c(Cl)cc21.CCOC(=O)CCC1(c2ccc(Cl)c(C)c2)CCN(C(=O)OC(C)(C)C)CC1.Cc1cc(C2(CCC(=O)O)CCN(C(=O)OC(C)(C)C)CC2)ccc1Cl.Cc1cc2c(cc1Cl)C(=O)CCC21CCN(C(=O)OC(C)(C)C)CC1. The second-order valence-electron chi connectivity index (χ2n) is 32.7. The van der Waals surface area contributed by atoms with Crippen molar-refractivity contribution in [3.63, 3.8) is 0 Å². The van der Waals surface area contributed by atoms with E-state index in [0.29, 0.717) is 94.4 Å². The first kappa shape index (κ1) is 84.2. The van der Waals surface area contributed by atoms with E-state index >= 15 is 0 Å². The molecule has 2 spiro atoms. The molecule has 6 aliphatic rings. The number of esters is 1. The van der Waals surface area contributed by atoms with Gasteiger partial charge in [0.2, 0.25) is 5.91 Å². The Labute approximate surface area is 633 Å². The van der Waals surface area contributed by atoms with E-state index in [1.807, 2.05) is 131 Å². The number of hydrogen-bond acceptors (Lipinski definition) is 12. The molecular formula is C82H115Cl4N5O12. The molecule has 0 aromatic heterocycles. The average molecular weight is 1500 g/mol. The highest BCUT2D eigenvalue weighted by molar-refractivity contribution is 6.32. The van der Waals surface area contributed by atoms with Crippen molar-refractivity contribution >= 4 is 88.3 Å². The third-order valence-electron chi connectivity index (χ3n) is 21.6. The number of aryl methyl sites for hydroxylation is 4. The summed E-state index contributed by atoms with van der Waals surface area (Å²) in [6, 6.07) is 20.7. The topological polar surface area (TPSA) is 202 Å². The number of ketones is 1. The molecule has 1 atom stereocenters. The smallest absolute Gasteiger partial charge is 0.410 e. The maximum atomic E-state index is 12.4. The number of likely N-dealkylation sites (tertiary alicyclic amines) is 3. The lowest BCUT2D eigenvalue weighted by molar-refractivity contribution is -0.143. The van der Waals surface area contributed by atoms with Crippen LogP contribution in [0.5, 0.6) is 0 Å². The van der Waals surface area contributed by atoms with Crippen molar-refractivity contribution in [3.8, 4) is 0 Å². The molecule has 4 amide bonds. The van der Waals surface area contributed by atoms with Crippen LogP contribution in [0.2, 0.25) is 20.1 Å². The summed E-state index contributed by atoms with van der Waals surface area (Å²) in [4.78, 5) is 92.2. The number of fused-ring (bicyclic) bond motifs is 4. The summed E-state index contributed by atoms with van der Waals surface area (Å²) < 4.78 is 21.6. The van der Waals surface area contributed by atoms with Crippen molar-refractivity contribution in [1.82, 2.24) is 24.9 Å². The molecule has 0 saturated carbocycles. The van der Waals surface area contributed by atoms with Crippen molar-refractivity contribution in [2.75, 3.05) is 59.0 Å². The van der Waals surface area contributed by atoms with Gasteiger partial charge >= 0.3 is 30.2 Å². The Bertz CT molecular complexity index is 3670. The lowest BCUT2D eigenvalue weighted by atomic mass is 9.63. The number of benzene rings is 4. The number of Topliss-reactive ketones (excluding diaryl/α,β-unsaturated/α-hetero) is 1. The van der Waals surface area contributed by atoms with Gasteiger partial charge in [-0.3, -0.25) is 19.2 Å². The minimum absolute atomic E-state index is 0.0307. The predicted octanol–water partition coefficient (Wildman–Crippen LogP) is 19.3. The summed E-state index contributed by atoms with van der Waals surface area (Å²) in [5.74, 6) is -0.650. The Hall–Kier alpha value is -6.11. The number of amides is 4. The minimum Gasteiger partial charge on any atom is -0.481 e. The van der Waals surface area contributed by atoms with E-state index in [4.69, 9.17) is 70.5 Å². The lowest BCUT2D eigenvalue weighted by Gasteiger charge is -2.48. The van der Waals surface area contributed by atoms with Crippen molar-refractivity contribution < 1.29 is 57.6 Å². The first-order chi connectivity index (χ1) is 48.0. The first-order valence-corrected chi connectivity index (χ1v) is 38.6. The molecule has 2 N–H and O–H groups in total. The number of halogens is 4. The summed E-state index contributed by atoms with van der Waals surface area (Å²) in [6.45, 7) is 38.7. The van der Waals surface area contributed by atoms with Gasteiger partial charge in [0.05, 0.1) is 12.6 Å². The number of nitrogens with one attached hydrogen (secondary N) is 1. The molecule has 568 valence electrons.